The topological polar surface area (TPSA) is 91.2 Å². The summed E-state index contributed by atoms with van der Waals surface area (Å²) in [5.74, 6) is -0.195. The van der Waals surface area contributed by atoms with Gasteiger partial charge in [-0.3, -0.25) is 14.5 Å². The number of rotatable bonds is 9. The lowest BCUT2D eigenvalue weighted by atomic mass is 10.0. The molecule has 1 fully saturated rings. The number of hydrogen-bond donors (Lipinski definition) is 2. The van der Waals surface area contributed by atoms with Crippen LogP contribution in [0.25, 0.3) is 0 Å². The summed E-state index contributed by atoms with van der Waals surface area (Å²) in [5, 5.41) is 17.3. The molecule has 180 valence electrons. The predicted octanol–water partition coefficient (Wildman–Crippen LogP) is 3.34. The first-order chi connectivity index (χ1) is 17.0. The Bertz CT molecular complexity index is 1160. The third-order valence-electron chi connectivity index (χ3n) is 6.07. The monoisotopic (exact) mass is 471 g/mol. The molecule has 3 aromatic rings. The van der Waals surface area contributed by atoms with Crippen LogP contribution in [-0.4, -0.2) is 53.6 Å². The largest absolute Gasteiger partial charge is 0.399 e. The lowest BCUT2D eigenvalue weighted by molar-refractivity contribution is -0.126. The van der Waals surface area contributed by atoms with Crippen LogP contribution in [0.1, 0.15) is 39.6 Å². The van der Waals surface area contributed by atoms with Crippen molar-refractivity contribution in [2.45, 2.75) is 25.1 Å². The number of oxime groups is 1. The number of amides is 1. The highest BCUT2D eigenvalue weighted by Crippen LogP contribution is 2.21. The van der Waals surface area contributed by atoms with Gasteiger partial charge < -0.3 is 15.3 Å². The van der Waals surface area contributed by atoms with Gasteiger partial charge in [0.15, 0.2) is 5.78 Å². The van der Waals surface area contributed by atoms with E-state index in [4.69, 9.17) is 4.84 Å². The van der Waals surface area contributed by atoms with Crippen LogP contribution in [0, 0.1) is 0 Å². The van der Waals surface area contributed by atoms with Crippen molar-refractivity contribution in [3.63, 3.8) is 0 Å². The zero-order valence-electron chi connectivity index (χ0n) is 19.6. The van der Waals surface area contributed by atoms with E-state index < -0.39 is 12.1 Å². The highest BCUT2D eigenvalue weighted by Gasteiger charge is 2.35. The van der Waals surface area contributed by atoms with E-state index in [0.29, 0.717) is 30.6 Å². The van der Waals surface area contributed by atoms with Crippen LogP contribution >= 0.6 is 0 Å². The van der Waals surface area contributed by atoms with Crippen molar-refractivity contribution >= 4 is 17.4 Å². The Balaban J connectivity index is 1.41. The summed E-state index contributed by atoms with van der Waals surface area (Å²) in [6.07, 6.45) is -0.331. The zero-order chi connectivity index (χ0) is 24.6. The molecule has 1 unspecified atom stereocenters. The van der Waals surface area contributed by atoms with E-state index in [9.17, 15) is 14.7 Å². The maximum Gasteiger partial charge on any atom is 0.237 e. The Morgan fingerprint density at radius 1 is 1.00 bits per heavy atom. The van der Waals surface area contributed by atoms with Gasteiger partial charge in [-0.2, -0.15) is 0 Å². The summed E-state index contributed by atoms with van der Waals surface area (Å²) in [5.41, 5.74) is 3.78. The van der Waals surface area contributed by atoms with E-state index in [1.807, 2.05) is 77.7 Å². The van der Waals surface area contributed by atoms with E-state index >= 15 is 0 Å². The fraction of sp³-hybridized carbons (Fsp3) is 0.250. The molecule has 4 rings (SSSR count). The zero-order valence-corrected chi connectivity index (χ0v) is 19.6. The fourth-order valence-corrected chi connectivity index (χ4v) is 4.24. The Labute approximate surface area is 205 Å². The van der Waals surface area contributed by atoms with E-state index in [1.165, 1.54) is 7.11 Å². The molecule has 7 nitrogen and oxygen atoms in total. The van der Waals surface area contributed by atoms with Crippen LogP contribution in [0.3, 0.4) is 0 Å². The van der Waals surface area contributed by atoms with Crippen molar-refractivity contribution in [3.05, 3.63) is 107 Å². The number of ketones is 1. The molecule has 2 N–H and O–H groups in total. The molecule has 1 aliphatic heterocycles. The van der Waals surface area contributed by atoms with Gasteiger partial charge in [0.05, 0.1) is 17.9 Å². The van der Waals surface area contributed by atoms with E-state index in [0.717, 1.165) is 16.8 Å². The van der Waals surface area contributed by atoms with Crippen molar-refractivity contribution in [2.75, 3.05) is 20.2 Å². The molecular formula is C28H29N3O4. The first kappa shape index (κ1) is 24.3. The van der Waals surface area contributed by atoms with Crippen molar-refractivity contribution in [2.24, 2.45) is 5.16 Å². The van der Waals surface area contributed by atoms with Gasteiger partial charge in [-0.15, -0.1) is 0 Å². The lowest BCUT2D eigenvalue weighted by Crippen LogP contribution is -2.44. The van der Waals surface area contributed by atoms with E-state index in [2.05, 4.69) is 10.5 Å². The Kier molecular flexibility index (Phi) is 8.03. The Morgan fingerprint density at radius 3 is 2.29 bits per heavy atom. The molecule has 1 aliphatic rings. The van der Waals surface area contributed by atoms with Crippen molar-refractivity contribution in [1.29, 1.82) is 0 Å². The first-order valence-corrected chi connectivity index (χ1v) is 11.6. The van der Waals surface area contributed by atoms with E-state index in [-0.39, 0.29) is 18.2 Å². The molecule has 0 radical (unpaired) electrons. The van der Waals surface area contributed by atoms with Gasteiger partial charge in [-0.1, -0.05) is 90.1 Å². The molecular weight excluding hydrogens is 442 g/mol. The fourth-order valence-electron chi connectivity index (χ4n) is 4.24. The van der Waals surface area contributed by atoms with Gasteiger partial charge in [0, 0.05) is 37.2 Å². The van der Waals surface area contributed by atoms with Crippen molar-refractivity contribution < 1.29 is 19.5 Å². The van der Waals surface area contributed by atoms with Crippen molar-refractivity contribution in [1.82, 2.24) is 10.2 Å². The molecule has 35 heavy (non-hydrogen) atoms. The number of carbonyl (C=O) groups excluding carboxylic acids is 2. The predicted molar refractivity (Wildman–Crippen MR) is 134 cm³/mol. The van der Waals surface area contributed by atoms with Crippen molar-refractivity contribution in [3.8, 4) is 0 Å². The highest BCUT2D eigenvalue weighted by molar-refractivity contribution is 6.08. The molecule has 1 saturated heterocycles. The van der Waals surface area contributed by atoms with Crippen LogP contribution in [0.15, 0.2) is 90.1 Å². The highest BCUT2D eigenvalue weighted by atomic mass is 16.6. The molecule has 0 aliphatic carbocycles. The number of hydrogen-bond acceptors (Lipinski definition) is 6. The number of aliphatic hydroxyl groups is 1. The maximum absolute atomic E-state index is 13.0. The van der Waals surface area contributed by atoms with Crippen LogP contribution in [-0.2, 0) is 16.2 Å². The van der Waals surface area contributed by atoms with Crippen LogP contribution < -0.4 is 5.32 Å². The van der Waals surface area contributed by atoms with Crippen LogP contribution in [0.4, 0.5) is 0 Å². The third kappa shape index (κ3) is 6.20. The molecule has 7 heteroatoms. The van der Waals surface area contributed by atoms with Gasteiger partial charge >= 0.3 is 0 Å². The number of aliphatic hydroxyl groups excluding tert-OH is 1. The molecule has 2 atom stereocenters. The second-order valence-corrected chi connectivity index (χ2v) is 8.53. The minimum atomic E-state index is -0.781. The number of nitrogens with zero attached hydrogens (tertiary/aromatic N) is 2. The van der Waals surface area contributed by atoms with E-state index in [1.54, 1.807) is 12.1 Å². The second kappa shape index (κ2) is 11.6. The van der Waals surface area contributed by atoms with Crippen LogP contribution in [0.5, 0.6) is 0 Å². The molecule has 0 saturated carbocycles. The quantitative estimate of drug-likeness (QED) is 0.369. The van der Waals surface area contributed by atoms with Crippen LogP contribution in [0.2, 0.25) is 0 Å². The van der Waals surface area contributed by atoms with Gasteiger partial charge in [-0.25, -0.2) is 0 Å². The Morgan fingerprint density at radius 2 is 1.63 bits per heavy atom. The summed E-state index contributed by atoms with van der Waals surface area (Å²) < 4.78 is 0. The van der Waals surface area contributed by atoms with Gasteiger partial charge in [0.25, 0.3) is 0 Å². The standard InChI is InChI=1S/C28H29N3O4/c1-35-30-24-16-25(28(34)29-17-26(32)21-8-4-2-5-9-21)31(19-24)18-20-12-14-23(15-13-20)27(33)22-10-6-3-7-11-22/h2-15,25-26,32H,16-19H2,1H3,(H,29,34)/t25-,26?/m0/s1. The third-order valence-corrected chi connectivity index (χ3v) is 6.07. The number of benzene rings is 3. The molecule has 1 heterocycles. The maximum atomic E-state index is 13.0. The molecule has 1 amide bonds. The number of likely N-dealkylation sites (tertiary alicyclic amines) is 1. The molecule has 0 bridgehead atoms. The van der Waals surface area contributed by atoms with Gasteiger partial charge in [0.2, 0.25) is 5.91 Å². The summed E-state index contributed by atoms with van der Waals surface area (Å²) >= 11 is 0. The number of nitrogens with one attached hydrogen (secondary N) is 1. The lowest BCUT2D eigenvalue weighted by Gasteiger charge is -2.24. The normalized spacial score (nSPS) is 17.8. The molecule has 0 aromatic heterocycles. The first-order valence-electron chi connectivity index (χ1n) is 11.6. The Hall–Kier alpha value is -3.81. The summed E-state index contributed by atoms with van der Waals surface area (Å²) in [4.78, 5) is 32.7. The smallest absolute Gasteiger partial charge is 0.237 e. The van der Waals surface area contributed by atoms with Gasteiger partial charge in [0.1, 0.15) is 7.11 Å². The minimum Gasteiger partial charge on any atom is -0.399 e. The minimum absolute atomic E-state index is 0.0259. The summed E-state index contributed by atoms with van der Waals surface area (Å²) in [6.45, 7) is 1.14. The average Bonchev–Trinajstić information content (AvgIpc) is 3.30. The SMILES string of the molecule is CON=C1C[C@@H](C(=O)NCC(O)c2ccccc2)N(Cc2ccc(C(=O)c3ccccc3)cc2)C1. The molecule has 3 aromatic carbocycles. The molecule has 0 spiro atoms. The number of carbonyl (C=O) groups is 2. The summed E-state index contributed by atoms with van der Waals surface area (Å²) in [7, 11) is 1.49. The van der Waals surface area contributed by atoms with Gasteiger partial charge in [-0.05, 0) is 11.1 Å². The average molecular weight is 472 g/mol. The summed E-state index contributed by atoms with van der Waals surface area (Å²) in [6, 6.07) is 25.4. The second-order valence-electron chi connectivity index (χ2n) is 8.53.